The molecule has 0 aliphatic carbocycles. The molecular weight excluding hydrogens is 1050 g/mol. The van der Waals surface area contributed by atoms with E-state index in [1.165, 1.54) is 29.4 Å². The van der Waals surface area contributed by atoms with E-state index >= 15 is 0 Å². The van der Waals surface area contributed by atoms with Crippen molar-refractivity contribution in [2.45, 2.75) is 149 Å². The van der Waals surface area contributed by atoms with Gasteiger partial charge in [0.1, 0.15) is 35.6 Å². The van der Waals surface area contributed by atoms with E-state index in [4.69, 9.17) is 5.73 Å². The van der Waals surface area contributed by atoms with Crippen LogP contribution in [0.2, 0.25) is 0 Å². The number of unbranched alkanes of at least 4 members (excludes halogenated alkanes) is 5. The molecule has 21 heteroatoms. The van der Waals surface area contributed by atoms with Gasteiger partial charge in [0.15, 0.2) is 0 Å². The number of halogens is 3. The SMILES string of the molecule is Cc1ncsc1-c1ccc([C@H](C)NC(=O)[C@@H]2C[C@@H](O)CN2C(=O)[C@@H](NC(=O)CCCCCCCCC(=O)NCCCn2cc(-c3ccc4c(c3)CCN4C(=O)Cc3cccc(OC(F)(F)F)c3)c3c(N)ncnc32)C(C)(C)C)cc1. The molecule has 5 heterocycles. The van der Waals surface area contributed by atoms with Crippen LogP contribution in [-0.2, 0) is 43.4 Å². The number of hydrogen-bond acceptors (Lipinski definition) is 12. The van der Waals surface area contributed by atoms with Crippen LogP contribution in [0.3, 0.4) is 0 Å². The number of β-amino-alcohol motifs (C(OH)–C–C–N with tert-alkyl or cyclic N) is 1. The smallest absolute Gasteiger partial charge is 0.406 e. The largest absolute Gasteiger partial charge is 0.573 e. The summed E-state index contributed by atoms with van der Waals surface area (Å²) < 4.78 is 44.4. The van der Waals surface area contributed by atoms with Crippen molar-refractivity contribution in [2.24, 2.45) is 5.41 Å². The fraction of sp³-hybridized carbons (Fsp3) is 0.458. The molecular formula is C59H71F3N10O7S. The van der Waals surface area contributed by atoms with Gasteiger partial charge in [-0.05, 0) is 97.0 Å². The van der Waals surface area contributed by atoms with Crippen LogP contribution in [0.25, 0.3) is 32.6 Å². The third kappa shape index (κ3) is 14.9. The molecule has 2 aliphatic rings. The average Bonchev–Trinajstić information content (AvgIpc) is 4.23. The second-order valence-corrected chi connectivity index (χ2v) is 22.8. The Balaban J connectivity index is 0.728. The van der Waals surface area contributed by atoms with Crippen molar-refractivity contribution in [1.29, 1.82) is 0 Å². The zero-order chi connectivity index (χ0) is 57.3. The number of nitrogens with one attached hydrogen (secondary N) is 3. The standard InChI is InChI=1S/C59H71F3N10O7S/c1-36(39-18-20-40(21-19-39)52-37(2)67-35-80-52)68-56(77)47-31-43(73)32-72(47)57(78)53(58(3,4)5)69-49(75)17-11-9-7-6-8-10-16-48(74)64-25-13-26-70-33-45(51-54(63)65-34-66-55(51)70)41-22-23-46-42(30-41)24-27-71(46)50(76)29-38-14-12-15-44(28-38)79-59(60,61)62/h12,14-15,18-23,28,30,33-36,43,47,53,73H,6-11,13,16-17,24-27,29,31-32H2,1-5H3,(H,64,74)(H,68,77)(H,69,75)(H2,63,65,66)/t36-,43+,47-,53+/m0/s1. The van der Waals surface area contributed by atoms with E-state index in [1.807, 2.05) is 93.4 Å². The number of likely N-dealkylation sites (tertiary alicyclic amines) is 1. The molecule has 0 spiro atoms. The molecule has 17 nitrogen and oxygen atoms in total. The number of nitrogens with zero attached hydrogens (tertiary/aromatic N) is 6. The highest BCUT2D eigenvalue weighted by atomic mass is 32.1. The van der Waals surface area contributed by atoms with Gasteiger partial charge in [0.05, 0.1) is 40.0 Å². The summed E-state index contributed by atoms with van der Waals surface area (Å²) >= 11 is 1.57. The number of aromatic nitrogens is 4. The second-order valence-electron chi connectivity index (χ2n) is 21.9. The zero-order valence-corrected chi connectivity index (χ0v) is 46.7. The van der Waals surface area contributed by atoms with E-state index in [1.54, 1.807) is 22.3 Å². The summed E-state index contributed by atoms with van der Waals surface area (Å²) in [6.07, 6.45) is 4.38. The van der Waals surface area contributed by atoms with Gasteiger partial charge in [-0.25, -0.2) is 15.0 Å². The molecule has 0 unspecified atom stereocenters. The van der Waals surface area contributed by atoms with Crippen LogP contribution >= 0.6 is 11.3 Å². The Kier molecular flexibility index (Phi) is 19.0. The topological polar surface area (TPSA) is 227 Å². The van der Waals surface area contributed by atoms with Crippen molar-refractivity contribution in [1.82, 2.24) is 40.4 Å². The highest BCUT2D eigenvalue weighted by Gasteiger charge is 2.45. The monoisotopic (exact) mass is 1120 g/mol. The Morgan fingerprint density at radius 3 is 2.29 bits per heavy atom. The molecule has 3 aromatic heterocycles. The number of hydrogen-bond donors (Lipinski definition) is 5. The molecule has 2 aliphatic heterocycles. The van der Waals surface area contributed by atoms with Gasteiger partial charge in [0, 0.05) is 62.9 Å². The number of carbonyl (C=O) groups is 5. The van der Waals surface area contributed by atoms with E-state index in [0.29, 0.717) is 67.7 Å². The third-order valence-electron chi connectivity index (χ3n) is 14.8. The van der Waals surface area contributed by atoms with Crippen molar-refractivity contribution in [3.8, 4) is 27.3 Å². The van der Waals surface area contributed by atoms with Gasteiger partial charge in [-0.1, -0.05) is 88.9 Å². The molecule has 80 heavy (non-hydrogen) atoms. The van der Waals surface area contributed by atoms with Crippen molar-refractivity contribution in [3.05, 3.63) is 107 Å². The van der Waals surface area contributed by atoms with Gasteiger partial charge in [0.25, 0.3) is 0 Å². The summed E-state index contributed by atoms with van der Waals surface area (Å²) in [5, 5.41) is 20.4. The number of nitrogens with two attached hydrogens (primary N) is 1. The number of aliphatic hydroxyl groups is 1. The van der Waals surface area contributed by atoms with Gasteiger partial charge in [-0.15, -0.1) is 24.5 Å². The van der Waals surface area contributed by atoms with E-state index in [9.17, 15) is 42.3 Å². The highest BCUT2D eigenvalue weighted by molar-refractivity contribution is 7.13. The number of nitrogen functional groups attached to an aromatic ring is 1. The van der Waals surface area contributed by atoms with E-state index in [-0.39, 0.29) is 61.2 Å². The average molecular weight is 1120 g/mol. The lowest BCUT2D eigenvalue weighted by Crippen LogP contribution is -2.57. The molecule has 0 radical (unpaired) electrons. The van der Waals surface area contributed by atoms with Crippen LogP contribution in [-0.4, -0.2) is 103 Å². The molecule has 6 aromatic rings. The van der Waals surface area contributed by atoms with Crippen molar-refractivity contribution in [3.63, 3.8) is 0 Å². The van der Waals surface area contributed by atoms with Crippen molar-refractivity contribution < 1.29 is 47.0 Å². The fourth-order valence-corrected chi connectivity index (χ4v) is 11.4. The lowest BCUT2D eigenvalue weighted by molar-refractivity contribution is -0.274. The summed E-state index contributed by atoms with van der Waals surface area (Å²) in [7, 11) is 0. The van der Waals surface area contributed by atoms with E-state index < -0.39 is 35.9 Å². The summed E-state index contributed by atoms with van der Waals surface area (Å²) in [5.74, 6) is -1.35. The van der Waals surface area contributed by atoms with E-state index in [0.717, 1.165) is 76.2 Å². The number of alkyl halides is 3. The van der Waals surface area contributed by atoms with Crippen LogP contribution in [0.5, 0.6) is 5.75 Å². The minimum atomic E-state index is -4.84. The normalized spacial score (nSPS) is 16.1. The summed E-state index contributed by atoms with van der Waals surface area (Å²) in [5.41, 5.74) is 14.9. The summed E-state index contributed by atoms with van der Waals surface area (Å²) in [6.45, 7) is 10.9. The Labute approximate surface area is 467 Å². The number of aliphatic hydroxyl groups excluding tert-OH is 1. The summed E-state index contributed by atoms with van der Waals surface area (Å²) in [6, 6.07) is 17.0. The molecule has 6 N–H and O–H groups in total. The first-order chi connectivity index (χ1) is 38.1. The first-order valence-corrected chi connectivity index (χ1v) is 28.2. The maximum Gasteiger partial charge on any atom is 0.573 e. The molecule has 8 rings (SSSR count). The second kappa shape index (κ2) is 25.8. The minimum Gasteiger partial charge on any atom is -0.406 e. The molecule has 0 bridgehead atoms. The van der Waals surface area contributed by atoms with Crippen LogP contribution < -0.4 is 31.3 Å². The number of aryl methyl sites for hydroxylation is 2. The van der Waals surface area contributed by atoms with Crippen LogP contribution in [0.15, 0.2) is 84.8 Å². The molecule has 1 saturated heterocycles. The predicted molar refractivity (Wildman–Crippen MR) is 301 cm³/mol. The Morgan fingerprint density at radius 1 is 0.875 bits per heavy atom. The highest BCUT2D eigenvalue weighted by Crippen LogP contribution is 2.38. The van der Waals surface area contributed by atoms with Gasteiger partial charge >= 0.3 is 6.36 Å². The maximum absolute atomic E-state index is 14.1. The molecule has 5 amide bonds. The number of thiazole rings is 1. The Hall–Kier alpha value is -7.39. The van der Waals surface area contributed by atoms with Gasteiger partial charge < -0.3 is 45.9 Å². The van der Waals surface area contributed by atoms with E-state index in [2.05, 4.69) is 35.6 Å². The van der Waals surface area contributed by atoms with Gasteiger partial charge in [0.2, 0.25) is 29.5 Å². The lowest BCUT2D eigenvalue weighted by atomic mass is 9.85. The molecule has 3 aromatic carbocycles. The number of amides is 5. The summed E-state index contributed by atoms with van der Waals surface area (Å²) in [4.78, 5) is 84.5. The Morgan fingerprint density at radius 2 is 1.59 bits per heavy atom. The number of anilines is 2. The van der Waals surface area contributed by atoms with Crippen molar-refractivity contribution >= 4 is 63.4 Å². The number of benzene rings is 3. The first kappa shape index (κ1) is 58.8. The third-order valence-corrected chi connectivity index (χ3v) is 15.8. The van der Waals surface area contributed by atoms with Gasteiger partial charge in [-0.2, -0.15) is 0 Å². The lowest BCUT2D eigenvalue weighted by Gasteiger charge is -2.35. The Bertz CT molecular complexity index is 3180. The van der Waals surface area contributed by atoms with Crippen LogP contribution in [0.4, 0.5) is 24.7 Å². The minimum absolute atomic E-state index is 0.00544. The quantitative estimate of drug-likeness (QED) is 0.0380. The molecule has 4 atom stereocenters. The zero-order valence-electron chi connectivity index (χ0n) is 45.9. The van der Waals surface area contributed by atoms with Gasteiger partial charge in [-0.3, -0.25) is 24.0 Å². The first-order valence-electron chi connectivity index (χ1n) is 27.4. The fourth-order valence-electron chi connectivity index (χ4n) is 10.6. The molecule has 1 fully saturated rings. The molecule has 0 saturated carbocycles. The van der Waals surface area contributed by atoms with Crippen molar-refractivity contribution in [2.75, 3.05) is 30.3 Å². The van der Waals surface area contributed by atoms with Crippen LogP contribution in [0, 0.1) is 12.3 Å². The number of ether oxygens (including phenoxy) is 1. The number of carbonyl (C=O) groups excluding carboxylic acids is 5. The number of rotatable bonds is 23. The molecule has 426 valence electrons. The van der Waals surface area contributed by atoms with Crippen LogP contribution in [0.1, 0.15) is 120 Å². The predicted octanol–water partition coefficient (Wildman–Crippen LogP) is 9.14. The number of fused-ring (bicyclic) bond motifs is 2. The maximum atomic E-state index is 14.1.